The highest BCUT2D eigenvalue weighted by Crippen LogP contribution is 2.37. The molecule has 0 saturated carbocycles. The van der Waals surface area contributed by atoms with Crippen molar-refractivity contribution in [2.24, 2.45) is 0 Å². The predicted octanol–water partition coefficient (Wildman–Crippen LogP) is 4.30. The summed E-state index contributed by atoms with van der Waals surface area (Å²) in [7, 11) is 0. The Morgan fingerprint density at radius 3 is 1.56 bits per heavy atom. The lowest BCUT2D eigenvalue weighted by Crippen LogP contribution is -2.22. The van der Waals surface area contributed by atoms with E-state index in [4.69, 9.17) is 0 Å². The van der Waals surface area contributed by atoms with Gasteiger partial charge in [0.1, 0.15) is 5.75 Å². The van der Waals surface area contributed by atoms with Gasteiger partial charge in [-0.25, -0.2) is 0 Å². The van der Waals surface area contributed by atoms with Gasteiger partial charge in [0.2, 0.25) is 0 Å². The number of hydrogen-bond acceptors (Lipinski definition) is 1. The van der Waals surface area contributed by atoms with E-state index in [9.17, 15) is 5.11 Å². The van der Waals surface area contributed by atoms with Crippen LogP contribution in [0, 0.1) is 6.92 Å². The molecule has 0 aliphatic rings. The second kappa shape index (κ2) is 3.80. The van der Waals surface area contributed by atoms with Crippen molar-refractivity contribution in [2.45, 2.75) is 59.3 Å². The molecule has 0 aliphatic heterocycles. The first-order valence-corrected chi connectivity index (χ1v) is 5.88. The molecule has 0 amide bonds. The van der Waals surface area contributed by atoms with Gasteiger partial charge in [0.15, 0.2) is 0 Å². The highest BCUT2D eigenvalue weighted by Gasteiger charge is 2.25. The molecule has 0 aliphatic carbocycles. The Bertz CT molecular complexity index is 350. The number of aromatic hydroxyl groups is 1. The third-order valence-corrected chi connectivity index (χ3v) is 2.95. The summed E-state index contributed by atoms with van der Waals surface area (Å²) in [4.78, 5) is 0. The average Bonchev–Trinajstić information content (AvgIpc) is 2.05. The van der Waals surface area contributed by atoms with E-state index in [2.05, 4.69) is 47.6 Å². The van der Waals surface area contributed by atoms with Crippen LogP contribution in [0.25, 0.3) is 0 Å². The van der Waals surface area contributed by atoms with E-state index >= 15 is 0 Å². The van der Waals surface area contributed by atoms with Crippen molar-refractivity contribution in [1.82, 2.24) is 0 Å². The molecule has 0 aromatic heterocycles. The van der Waals surface area contributed by atoms with Crippen LogP contribution in [0.15, 0.2) is 12.1 Å². The first kappa shape index (κ1) is 13.1. The largest absolute Gasteiger partial charge is 0.508 e. The van der Waals surface area contributed by atoms with Gasteiger partial charge in [0, 0.05) is 0 Å². The van der Waals surface area contributed by atoms with Gasteiger partial charge in [-0.2, -0.15) is 0 Å². The first-order chi connectivity index (χ1) is 7.03. The molecule has 0 heterocycles. The van der Waals surface area contributed by atoms with Crippen LogP contribution in [0.5, 0.6) is 5.75 Å². The summed E-state index contributed by atoms with van der Waals surface area (Å²) < 4.78 is 0. The van der Waals surface area contributed by atoms with E-state index in [1.807, 2.05) is 13.0 Å². The number of aryl methyl sites for hydroxylation is 1. The normalized spacial score (nSPS) is 12.9. The van der Waals surface area contributed by atoms with E-state index in [0.717, 1.165) is 5.56 Å². The van der Waals surface area contributed by atoms with Crippen molar-refractivity contribution < 1.29 is 5.11 Å². The zero-order valence-corrected chi connectivity index (χ0v) is 11.6. The van der Waals surface area contributed by atoms with Gasteiger partial charge >= 0.3 is 0 Å². The van der Waals surface area contributed by atoms with Crippen LogP contribution in [0.4, 0.5) is 0 Å². The van der Waals surface area contributed by atoms with Crippen LogP contribution < -0.4 is 0 Å². The lowest BCUT2D eigenvalue weighted by Gasteiger charge is -2.30. The summed E-state index contributed by atoms with van der Waals surface area (Å²) in [6, 6.07) is 4.05. The number of phenols is 1. The zero-order valence-electron chi connectivity index (χ0n) is 11.6. The van der Waals surface area contributed by atoms with Gasteiger partial charge in [-0.1, -0.05) is 47.6 Å². The zero-order chi connectivity index (χ0) is 12.7. The molecule has 0 spiro atoms. The van der Waals surface area contributed by atoms with Gasteiger partial charge in [-0.3, -0.25) is 0 Å². The SMILES string of the molecule is Cc1cc(C(C)(C)C)c(C(C)(C)C)cc1O. The summed E-state index contributed by atoms with van der Waals surface area (Å²) in [5.74, 6) is 0.401. The maximum absolute atomic E-state index is 9.85. The molecular weight excluding hydrogens is 196 g/mol. The van der Waals surface area contributed by atoms with E-state index in [1.165, 1.54) is 11.1 Å². The molecule has 0 fully saturated rings. The molecule has 1 aromatic rings. The second-order valence-electron chi connectivity index (χ2n) is 6.68. The van der Waals surface area contributed by atoms with E-state index in [-0.39, 0.29) is 10.8 Å². The number of phenolic OH excluding ortho intramolecular Hbond substituents is 1. The van der Waals surface area contributed by atoms with E-state index < -0.39 is 0 Å². The van der Waals surface area contributed by atoms with Crippen molar-refractivity contribution in [3.05, 3.63) is 28.8 Å². The van der Waals surface area contributed by atoms with Crippen LogP contribution in [0.1, 0.15) is 58.2 Å². The van der Waals surface area contributed by atoms with E-state index in [0.29, 0.717) is 5.75 Å². The van der Waals surface area contributed by atoms with Crippen molar-refractivity contribution in [2.75, 3.05) is 0 Å². The van der Waals surface area contributed by atoms with Gasteiger partial charge in [0.25, 0.3) is 0 Å². The van der Waals surface area contributed by atoms with Crippen LogP contribution >= 0.6 is 0 Å². The van der Waals surface area contributed by atoms with Crippen LogP contribution in [-0.2, 0) is 10.8 Å². The summed E-state index contributed by atoms with van der Waals surface area (Å²) >= 11 is 0. The number of benzene rings is 1. The Hall–Kier alpha value is -0.980. The van der Waals surface area contributed by atoms with Crippen LogP contribution in [-0.4, -0.2) is 5.11 Å². The van der Waals surface area contributed by atoms with Gasteiger partial charge < -0.3 is 5.11 Å². The molecule has 90 valence electrons. The fourth-order valence-corrected chi connectivity index (χ4v) is 1.94. The minimum absolute atomic E-state index is 0.0633. The third kappa shape index (κ3) is 2.58. The predicted molar refractivity (Wildman–Crippen MR) is 70.2 cm³/mol. The fraction of sp³-hybridized carbons (Fsp3) is 0.600. The van der Waals surface area contributed by atoms with Gasteiger partial charge in [-0.05, 0) is 40.5 Å². The molecule has 0 saturated heterocycles. The summed E-state index contributed by atoms with van der Waals surface area (Å²) in [6.07, 6.45) is 0. The highest BCUT2D eigenvalue weighted by molar-refractivity contribution is 5.46. The highest BCUT2D eigenvalue weighted by atomic mass is 16.3. The maximum Gasteiger partial charge on any atom is 0.118 e. The topological polar surface area (TPSA) is 20.2 Å². The summed E-state index contributed by atoms with van der Waals surface area (Å²) in [5, 5.41) is 9.85. The van der Waals surface area contributed by atoms with Crippen LogP contribution in [0.3, 0.4) is 0 Å². The van der Waals surface area contributed by atoms with Crippen molar-refractivity contribution in [3.8, 4) is 5.75 Å². The van der Waals surface area contributed by atoms with Gasteiger partial charge in [-0.15, -0.1) is 0 Å². The second-order valence-corrected chi connectivity index (χ2v) is 6.68. The Labute approximate surface area is 99.5 Å². The van der Waals surface area contributed by atoms with Crippen LogP contribution in [0.2, 0.25) is 0 Å². The molecule has 1 heteroatoms. The quantitative estimate of drug-likeness (QED) is 0.691. The molecule has 16 heavy (non-hydrogen) atoms. The monoisotopic (exact) mass is 220 g/mol. The molecule has 1 nitrogen and oxygen atoms in total. The Morgan fingerprint density at radius 1 is 0.812 bits per heavy atom. The Morgan fingerprint density at radius 2 is 1.19 bits per heavy atom. The maximum atomic E-state index is 9.85. The van der Waals surface area contributed by atoms with E-state index in [1.54, 1.807) is 0 Å². The molecule has 0 atom stereocenters. The average molecular weight is 220 g/mol. The molecule has 1 aromatic carbocycles. The standard InChI is InChI=1S/C15H24O/c1-10-8-11(14(2,3)4)12(9-13(10)16)15(5,6)7/h8-9,16H,1-7H3. The lowest BCUT2D eigenvalue weighted by molar-refractivity contribution is 0.462. The summed E-state index contributed by atoms with van der Waals surface area (Å²) in [5.41, 5.74) is 3.70. The molecular formula is C15H24O. The van der Waals surface area contributed by atoms with Crippen molar-refractivity contribution >= 4 is 0 Å². The first-order valence-electron chi connectivity index (χ1n) is 5.88. The third-order valence-electron chi connectivity index (χ3n) is 2.95. The fourth-order valence-electron chi connectivity index (χ4n) is 1.94. The molecule has 0 bridgehead atoms. The molecule has 1 N–H and O–H groups in total. The number of hydrogen-bond donors (Lipinski definition) is 1. The molecule has 0 radical (unpaired) electrons. The van der Waals surface area contributed by atoms with Crippen molar-refractivity contribution in [1.29, 1.82) is 0 Å². The molecule has 1 rings (SSSR count). The Balaban J connectivity index is 3.53. The number of rotatable bonds is 0. The lowest BCUT2D eigenvalue weighted by atomic mass is 9.74. The molecule has 0 unspecified atom stereocenters. The smallest absolute Gasteiger partial charge is 0.118 e. The van der Waals surface area contributed by atoms with Crippen molar-refractivity contribution in [3.63, 3.8) is 0 Å². The minimum atomic E-state index is 0.0633. The Kier molecular flexibility index (Phi) is 3.11. The van der Waals surface area contributed by atoms with Gasteiger partial charge in [0.05, 0.1) is 0 Å². The minimum Gasteiger partial charge on any atom is -0.508 e. The summed E-state index contributed by atoms with van der Waals surface area (Å²) in [6.45, 7) is 15.2.